The summed E-state index contributed by atoms with van der Waals surface area (Å²) in [5.74, 6) is -0.146. The third-order valence-corrected chi connectivity index (χ3v) is 1.61. The van der Waals surface area contributed by atoms with Crippen LogP contribution in [0.2, 0.25) is 0 Å². The van der Waals surface area contributed by atoms with Gasteiger partial charge in [-0.25, -0.2) is 17.9 Å². The van der Waals surface area contributed by atoms with Crippen molar-refractivity contribution in [1.82, 2.24) is 5.32 Å². The van der Waals surface area contributed by atoms with Crippen molar-refractivity contribution in [3.05, 3.63) is 0 Å². The van der Waals surface area contributed by atoms with E-state index >= 15 is 0 Å². The fourth-order valence-electron chi connectivity index (χ4n) is 0.406. The first-order chi connectivity index (χ1) is 4.56. The van der Waals surface area contributed by atoms with Crippen molar-refractivity contribution in [3.63, 3.8) is 0 Å². The van der Waals surface area contributed by atoms with E-state index in [4.69, 9.17) is 0 Å². The second kappa shape index (κ2) is 4.59. The lowest BCUT2D eigenvalue weighted by Crippen LogP contribution is -2.28. The van der Waals surface area contributed by atoms with Gasteiger partial charge in [0, 0.05) is 13.1 Å². The van der Waals surface area contributed by atoms with Crippen molar-refractivity contribution in [2.24, 2.45) is 5.14 Å². The Morgan fingerprint density at radius 2 is 2.00 bits per heavy atom. The van der Waals surface area contributed by atoms with Crippen LogP contribution in [-0.2, 0) is 10.0 Å². The van der Waals surface area contributed by atoms with Gasteiger partial charge < -0.3 is 5.32 Å². The summed E-state index contributed by atoms with van der Waals surface area (Å²) in [5.41, 5.74) is 0. The van der Waals surface area contributed by atoms with Crippen molar-refractivity contribution in [2.75, 3.05) is 25.5 Å². The largest absolute Gasteiger partial charge is 0.313 e. The molecule has 0 aliphatic heterocycles. The molecule has 0 heterocycles. The first-order valence-corrected chi connectivity index (χ1v) is 4.55. The van der Waals surface area contributed by atoms with Gasteiger partial charge in [0.15, 0.2) is 0 Å². The number of nitrogens with one attached hydrogen (secondary N) is 1. The highest BCUT2D eigenvalue weighted by Crippen LogP contribution is 1.73. The minimum atomic E-state index is -3.39. The van der Waals surface area contributed by atoms with Gasteiger partial charge >= 0.3 is 0 Å². The summed E-state index contributed by atoms with van der Waals surface area (Å²) in [5, 5.41) is 7.21. The maximum Gasteiger partial charge on any atom is 0.210 e. The first kappa shape index (κ1) is 9.80. The summed E-state index contributed by atoms with van der Waals surface area (Å²) in [6, 6.07) is 0. The van der Waals surface area contributed by atoms with Crippen LogP contribution in [-0.4, -0.2) is 33.9 Å². The van der Waals surface area contributed by atoms with E-state index < -0.39 is 16.7 Å². The lowest BCUT2D eigenvalue weighted by atomic mass is 10.6. The van der Waals surface area contributed by atoms with Gasteiger partial charge in [0.05, 0.1) is 5.75 Å². The van der Waals surface area contributed by atoms with Gasteiger partial charge in [0.1, 0.15) is 6.67 Å². The van der Waals surface area contributed by atoms with Gasteiger partial charge in [-0.3, -0.25) is 0 Å². The van der Waals surface area contributed by atoms with Crippen LogP contribution in [0.25, 0.3) is 0 Å². The Hall–Kier alpha value is -0.200. The van der Waals surface area contributed by atoms with Crippen LogP contribution in [0.1, 0.15) is 0 Å². The highest BCUT2D eigenvalue weighted by molar-refractivity contribution is 7.89. The lowest BCUT2D eigenvalue weighted by molar-refractivity contribution is 0.471. The molecule has 6 heteroatoms. The first-order valence-electron chi connectivity index (χ1n) is 2.83. The molecule has 10 heavy (non-hydrogen) atoms. The van der Waals surface area contributed by atoms with Crippen LogP contribution in [0.3, 0.4) is 0 Å². The number of rotatable bonds is 5. The Labute approximate surface area is 59.7 Å². The zero-order valence-corrected chi connectivity index (χ0v) is 6.32. The summed E-state index contributed by atoms with van der Waals surface area (Å²) >= 11 is 0. The van der Waals surface area contributed by atoms with Crippen molar-refractivity contribution in [2.45, 2.75) is 0 Å². The topological polar surface area (TPSA) is 72.2 Å². The average Bonchev–Trinajstić information content (AvgIpc) is 1.78. The van der Waals surface area contributed by atoms with Gasteiger partial charge in [-0.15, -0.1) is 0 Å². The predicted molar refractivity (Wildman–Crippen MR) is 36.8 cm³/mol. The number of alkyl halides is 1. The number of hydrogen-bond acceptors (Lipinski definition) is 3. The highest BCUT2D eigenvalue weighted by atomic mass is 32.2. The molecule has 0 aromatic carbocycles. The maximum atomic E-state index is 11.4. The van der Waals surface area contributed by atoms with E-state index in [1.807, 2.05) is 0 Å². The van der Waals surface area contributed by atoms with Crippen LogP contribution in [0.4, 0.5) is 4.39 Å². The predicted octanol–water partition coefficient (Wildman–Crippen LogP) is -1.17. The van der Waals surface area contributed by atoms with Crippen molar-refractivity contribution in [3.8, 4) is 0 Å². The zero-order chi connectivity index (χ0) is 8.04. The fourth-order valence-corrected chi connectivity index (χ4v) is 0.835. The molecule has 0 fully saturated rings. The SMILES string of the molecule is NS(=O)(=O)CCNCCF. The minimum Gasteiger partial charge on any atom is -0.313 e. The molecule has 0 radical (unpaired) electrons. The Bertz CT molecular complexity index is 168. The molecule has 0 atom stereocenters. The van der Waals surface area contributed by atoms with Crippen LogP contribution < -0.4 is 10.5 Å². The summed E-state index contributed by atoms with van der Waals surface area (Å²) < 4.78 is 31.8. The Balaban J connectivity index is 3.21. The number of nitrogens with two attached hydrogens (primary N) is 1. The highest BCUT2D eigenvalue weighted by Gasteiger charge is 1.99. The maximum absolute atomic E-state index is 11.4. The third-order valence-electron chi connectivity index (χ3n) is 0.835. The van der Waals surface area contributed by atoms with Gasteiger partial charge in [0.2, 0.25) is 10.0 Å². The molecule has 0 saturated carbocycles. The fraction of sp³-hybridized carbons (Fsp3) is 1.00. The lowest BCUT2D eigenvalue weighted by Gasteiger charge is -1.98. The van der Waals surface area contributed by atoms with E-state index in [1.54, 1.807) is 0 Å². The molecule has 4 nitrogen and oxygen atoms in total. The Morgan fingerprint density at radius 3 is 2.40 bits per heavy atom. The van der Waals surface area contributed by atoms with Crippen molar-refractivity contribution in [1.29, 1.82) is 0 Å². The number of sulfonamides is 1. The van der Waals surface area contributed by atoms with E-state index in [0.29, 0.717) is 0 Å². The zero-order valence-electron chi connectivity index (χ0n) is 5.51. The van der Waals surface area contributed by atoms with Crippen molar-refractivity contribution >= 4 is 10.0 Å². The smallest absolute Gasteiger partial charge is 0.210 e. The molecular formula is C4H11FN2O2S. The molecule has 0 saturated heterocycles. The summed E-state index contributed by atoms with van der Waals surface area (Å²) in [7, 11) is -3.39. The number of halogens is 1. The average molecular weight is 170 g/mol. The van der Waals surface area contributed by atoms with E-state index in [-0.39, 0.29) is 18.8 Å². The van der Waals surface area contributed by atoms with Gasteiger partial charge in [0.25, 0.3) is 0 Å². The summed E-state index contributed by atoms with van der Waals surface area (Å²) in [4.78, 5) is 0. The third kappa shape index (κ3) is 7.80. The molecule has 0 unspecified atom stereocenters. The minimum absolute atomic E-state index is 0.146. The van der Waals surface area contributed by atoms with Crippen LogP contribution in [0.15, 0.2) is 0 Å². The monoisotopic (exact) mass is 170 g/mol. The van der Waals surface area contributed by atoms with E-state index in [2.05, 4.69) is 10.5 Å². The molecule has 0 aliphatic rings. The Morgan fingerprint density at radius 1 is 1.40 bits per heavy atom. The molecule has 3 N–H and O–H groups in total. The van der Waals surface area contributed by atoms with Gasteiger partial charge in [-0.05, 0) is 0 Å². The molecule has 62 valence electrons. The van der Waals surface area contributed by atoms with Crippen LogP contribution in [0, 0.1) is 0 Å². The van der Waals surface area contributed by atoms with E-state index in [1.165, 1.54) is 0 Å². The Kier molecular flexibility index (Phi) is 4.50. The van der Waals surface area contributed by atoms with E-state index in [0.717, 1.165) is 0 Å². The second-order valence-electron chi connectivity index (χ2n) is 1.81. The molecule has 0 rings (SSSR count). The molecule has 0 aromatic heterocycles. The molecule has 0 amide bonds. The molecule has 0 bridgehead atoms. The normalized spacial score (nSPS) is 11.8. The van der Waals surface area contributed by atoms with Crippen LogP contribution >= 0.6 is 0 Å². The summed E-state index contributed by atoms with van der Waals surface area (Å²) in [6.45, 7) is -0.108. The quantitative estimate of drug-likeness (QED) is 0.511. The second-order valence-corrected chi connectivity index (χ2v) is 3.54. The summed E-state index contributed by atoms with van der Waals surface area (Å²) in [6.07, 6.45) is 0. The standard InChI is InChI=1S/C4H11FN2O2S/c5-1-2-7-3-4-10(6,8)9/h7H,1-4H2,(H2,6,8,9). The van der Waals surface area contributed by atoms with Gasteiger partial charge in [-0.1, -0.05) is 0 Å². The van der Waals surface area contributed by atoms with Crippen molar-refractivity contribution < 1.29 is 12.8 Å². The number of primary sulfonamides is 1. The van der Waals surface area contributed by atoms with Crippen LogP contribution in [0.5, 0.6) is 0 Å². The van der Waals surface area contributed by atoms with E-state index in [9.17, 15) is 12.8 Å². The molecule has 0 spiro atoms. The molecule has 0 aromatic rings. The molecular weight excluding hydrogens is 159 g/mol. The van der Waals surface area contributed by atoms with Gasteiger partial charge in [-0.2, -0.15) is 0 Å². The molecule has 0 aliphatic carbocycles. The number of hydrogen-bond donors (Lipinski definition) is 2.